The summed E-state index contributed by atoms with van der Waals surface area (Å²) in [5.41, 5.74) is 1.51. The lowest BCUT2D eigenvalue weighted by Gasteiger charge is -2.07. The number of hydrogen-bond donors (Lipinski definition) is 1. The van der Waals surface area contributed by atoms with Crippen LogP contribution in [-0.4, -0.2) is 6.54 Å². The summed E-state index contributed by atoms with van der Waals surface area (Å²) < 4.78 is 14.4. The van der Waals surface area contributed by atoms with E-state index < -0.39 is 0 Å². The highest BCUT2D eigenvalue weighted by Gasteiger charge is 2.63. The van der Waals surface area contributed by atoms with Crippen LogP contribution < -0.4 is 5.32 Å². The van der Waals surface area contributed by atoms with Gasteiger partial charge in [0.2, 0.25) is 0 Å². The zero-order valence-corrected chi connectivity index (χ0v) is 13.1. The fraction of sp³-hybridized carbons (Fsp3) is 0.600. The van der Waals surface area contributed by atoms with E-state index >= 15 is 0 Å². The summed E-state index contributed by atoms with van der Waals surface area (Å²) in [6, 6.07) is 5.22. The number of halogens is 2. The molecule has 0 saturated heterocycles. The Bertz CT molecular complexity index is 440. The van der Waals surface area contributed by atoms with Crippen LogP contribution in [0.2, 0.25) is 0 Å². The van der Waals surface area contributed by atoms with Crippen molar-refractivity contribution in [1.29, 1.82) is 0 Å². The van der Waals surface area contributed by atoms with Crippen molar-refractivity contribution in [2.75, 3.05) is 6.54 Å². The van der Waals surface area contributed by atoms with E-state index in [4.69, 9.17) is 0 Å². The van der Waals surface area contributed by atoms with E-state index in [0.717, 1.165) is 16.6 Å². The smallest absolute Gasteiger partial charge is 0.128 e. The normalized spacial score (nSPS) is 21.0. The molecule has 2 rings (SSSR count). The van der Waals surface area contributed by atoms with E-state index in [9.17, 15) is 4.39 Å². The van der Waals surface area contributed by atoms with E-state index in [1.807, 2.05) is 12.1 Å². The second-order valence-corrected chi connectivity index (χ2v) is 7.28. The molecule has 1 aromatic carbocycles. The van der Waals surface area contributed by atoms with Gasteiger partial charge in [0.05, 0.1) is 0 Å². The molecule has 1 nitrogen and oxygen atoms in total. The molecule has 1 saturated carbocycles. The molecule has 0 atom stereocenters. The van der Waals surface area contributed by atoms with Gasteiger partial charge in [-0.15, -0.1) is 0 Å². The van der Waals surface area contributed by atoms with Crippen LogP contribution in [0.4, 0.5) is 4.39 Å². The van der Waals surface area contributed by atoms with Gasteiger partial charge in [-0.1, -0.05) is 49.7 Å². The van der Waals surface area contributed by atoms with Gasteiger partial charge in [0.25, 0.3) is 0 Å². The third-order valence-electron chi connectivity index (χ3n) is 5.00. The van der Waals surface area contributed by atoms with E-state index in [1.54, 1.807) is 0 Å². The summed E-state index contributed by atoms with van der Waals surface area (Å²) in [6.07, 6.45) is 0. The maximum Gasteiger partial charge on any atom is 0.128 e. The molecular formula is C15H21BrFN. The molecule has 1 aliphatic carbocycles. The predicted molar refractivity (Wildman–Crippen MR) is 76.9 cm³/mol. The standard InChI is InChI=1S/C15H21BrFN/c1-14(2)13(15(14,3)4)9-18-8-10-5-6-11(16)7-12(10)17/h5-7,13,18H,8-9H2,1-4H3. The average Bonchev–Trinajstić information content (AvgIpc) is 2.63. The molecule has 0 amide bonds. The second-order valence-electron chi connectivity index (χ2n) is 6.36. The summed E-state index contributed by atoms with van der Waals surface area (Å²) in [7, 11) is 0. The molecule has 18 heavy (non-hydrogen) atoms. The fourth-order valence-corrected chi connectivity index (χ4v) is 3.19. The zero-order chi connectivity index (χ0) is 13.6. The van der Waals surface area contributed by atoms with Gasteiger partial charge in [-0.25, -0.2) is 4.39 Å². The van der Waals surface area contributed by atoms with Crippen molar-refractivity contribution < 1.29 is 4.39 Å². The monoisotopic (exact) mass is 313 g/mol. The topological polar surface area (TPSA) is 12.0 Å². The minimum absolute atomic E-state index is 0.147. The first kappa shape index (κ1) is 14.0. The maximum atomic E-state index is 13.6. The first-order chi connectivity index (χ1) is 8.26. The molecule has 100 valence electrons. The van der Waals surface area contributed by atoms with Crippen molar-refractivity contribution in [2.24, 2.45) is 16.7 Å². The lowest BCUT2D eigenvalue weighted by molar-refractivity contribution is 0.457. The Balaban J connectivity index is 1.87. The molecule has 0 unspecified atom stereocenters. The predicted octanol–water partition coefficient (Wildman–Crippen LogP) is 4.36. The lowest BCUT2D eigenvalue weighted by atomic mass is 10.0. The Morgan fingerprint density at radius 3 is 2.33 bits per heavy atom. The molecule has 1 aromatic rings. The minimum atomic E-state index is -0.147. The van der Waals surface area contributed by atoms with Crippen LogP contribution in [0.25, 0.3) is 0 Å². The molecule has 0 aromatic heterocycles. The first-order valence-electron chi connectivity index (χ1n) is 6.41. The maximum absolute atomic E-state index is 13.6. The first-order valence-corrected chi connectivity index (χ1v) is 7.21. The van der Waals surface area contributed by atoms with E-state index in [-0.39, 0.29) is 5.82 Å². The minimum Gasteiger partial charge on any atom is -0.312 e. The summed E-state index contributed by atoms with van der Waals surface area (Å²) in [5, 5.41) is 3.38. The van der Waals surface area contributed by atoms with Crippen LogP contribution in [0.15, 0.2) is 22.7 Å². The van der Waals surface area contributed by atoms with Crippen molar-refractivity contribution in [3.63, 3.8) is 0 Å². The van der Waals surface area contributed by atoms with Crippen molar-refractivity contribution in [3.05, 3.63) is 34.1 Å². The van der Waals surface area contributed by atoms with Gasteiger partial charge < -0.3 is 5.32 Å². The molecule has 1 N–H and O–H groups in total. The number of nitrogens with one attached hydrogen (secondary N) is 1. The number of hydrogen-bond acceptors (Lipinski definition) is 1. The van der Waals surface area contributed by atoms with Gasteiger partial charge in [-0.2, -0.15) is 0 Å². The molecular weight excluding hydrogens is 293 g/mol. The SMILES string of the molecule is CC1(C)C(CNCc2ccc(Br)cc2F)C1(C)C. The Kier molecular flexibility index (Phi) is 3.58. The Morgan fingerprint density at radius 2 is 1.83 bits per heavy atom. The molecule has 0 radical (unpaired) electrons. The van der Waals surface area contributed by atoms with Crippen molar-refractivity contribution in [3.8, 4) is 0 Å². The van der Waals surface area contributed by atoms with Gasteiger partial charge in [0, 0.05) is 16.6 Å². The third kappa shape index (κ3) is 2.35. The van der Waals surface area contributed by atoms with Crippen molar-refractivity contribution in [1.82, 2.24) is 5.32 Å². The van der Waals surface area contributed by atoms with Gasteiger partial charge in [0.1, 0.15) is 5.82 Å². The quantitative estimate of drug-likeness (QED) is 0.871. The summed E-state index contributed by atoms with van der Waals surface area (Å²) >= 11 is 3.27. The number of rotatable bonds is 4. The van der Waals surface area contributed by atoms with E-state index in [2.05, 4.69) is 48.9 Å². The lowest BCUT2D eigenvalue weighted by Crippen LogP contribution is -2.19. The highest BCUT2D eigenvalue weighted by molar-refractivity contribution is 9.10. The number of benzene rings is 1. The van der Waals surface area contributed by atoms with Crippen molar-refractivity contribution in [2.45, 2.75) is 34.2 Å². The van der Waals surface area contributed by atoms with E-state index in [0.29, 0.717) is 23.3 Å². The molecule has 3 heteroatoms. The fourth-order valence-electron chi connectivity index (χ4n) is 2.86. The highest BCUT2D eigenvalue weighted by atomic mass is 79.9. The van der Waals surface area contributed by atoms with Crippen LogP contribution in [0.1, 0.15) is 33.3 Å². The molecule has 0 aliphatic heterocycles. The summed E-state index contributed by atoms with van der Waals surface area (Å²) in [5.74, 6) is 0.523. The van der Waals surface area contributed by atoms with Crippen LogP contribution in [0, 0.1) is 22.6 Å². The zero-order valence-electron chi connectivity index (χ0n) is 11.5. The van der Waals surface area contributed by atoms with E-state index in [1.165, 1.54) is 6.07 Å². The van der Waals surface area contributed by atoms with Crippen LogP contribution >= 0.6 is 15.9 Å². The molecule has 1 fully saturated rings. The Labute approximate surface area is 117 Å². The van der Waals surface area contributed by atoms with Gasteiger partial charge >= 0.3 is 0 Å². The summed E-state index contributed by atoms with van der Waals surface area (Å²) in [4.78, 5) is 0. The highest BCUT2D eigenvalue weighted by Crippen LogP contribution is 2.67. The van der Waals surface area contributed by atoms with Gasteiger partial charge in [0.15, 0.2) is 0 Å². The molecule has 0 heterocycles. The van der Waals surface area contributed by atoms with Crippen molar-refractivity contribution >= 4 is 15.9 Å². The molecule has 1 aliphatic rings. The van der Waals surface area contributed by atoms with Gasteiger partial charge in [-0.3, -0.25) is 0 Å². The van der Waals surface area contributed by atoms with Crippen LogP contribution in [0.5, 0.6) is 0 Å². The van der Waals surface area contributed by atoms with Crippen LogP contribution in [-0.2, 0) is 6.54 Å². The van der Waals surface area contributed by atoms with Crippen LogP contribution in [0.3, 0.4) is 0 Å². The molecule has 0 spiro atoms. The Hall–Kier alpha value is -0.410. The van der Waals surface area contributed by atoms with Gasteiger partial charge in [-0.05, 0) is 35.4 Å². The largest absolute Gasteiger partial charge is 0.312 e. The average molecular weight is 314 g/mol. The third-order valence-corrected chi connectivity index (χ3v) is 5.49. The molecule has 0 bridgehead atoms. The Morgan fingerprint density at radius 1 is 1.22 bits per heavy atom. The summed E-state index contributed by atoms with van der Waals surface area (Å²) in [6.45, 7) is 10.8. The second kappa shape index (κ2) is 4.61.